The van der Waals surface area contributed by atoms with Crippen molar-refractivity contribution >= 4 is 11.6 Å². The molecule has 2 heterocycles. The van der Waals surface area contributed by atoms with Gasteiger partial charge in [-0.2, -0.15) is 0 Å². The van der Waals surface area contributed by atoms with Crippen LogP contribution in [0, 0.1) is 0 Å². The van der Waals surface area contributed by atoms with Crippen LogP contribution in [0.15, 0.2) is 12.1 Å². The fourth-order valence-corrected chi connectivity index (χ4v) is 3.03. The third kappa shape index (κ3) is 2.29. The molecule has 0 amide bonds. The number of piperidine rings is 1. The van der Waals surface area contributed by atoms with E-state index >= 15 is 0 Å². The normalized spacial score (nSPS) is 20.5. The molecule has 4 heteroatoms. The zero-order valence-electron chi connectivity index (χ0n) is 10.4. The number of nitrogens with one attached hydrogen (secondary N) is 1. The minimum Gasteiger partial charge on any atom is -0.490 e. The van der Waals surface area contributed by atoms with Crippen molar-refractivity contribution in [1.82, 2.24) is 5.32 Å². The second-order valence-electron chi connectivity index (χ2n) is 4.86. The van der Waals surface area contributed by atoms with Crippen molar-refractivity contribution in [1.29, 1.82) is 0 Å². The molecule has 98 valence electrons. The van der Waals surface area contributed by atoms with Crippen LogP contribution < -0.4 is 14.8 Å². The molecule has 0 radical (unpaired) electrons. The van der Waals surface area contributed by atoms with E-state index in [4.69, 9.17) is 21.1 Å². The number of rotatable bonds is 1. The average Bonchev–Trinajstić information content (AvgIpc) is 2.65. The third-order valence-corrected chi connectivity index (χ3v) is 3.98. The van der Waals surface area contributed by atoms with Gasteiger partial charge < -0.3 is 14.8 Å². The first-order valence-corrected chi connectivity index (χ1v) is 7.03. The molecule has 2 aliphatic rings. The molecule has 0 bridgehead atoms. The number of benzene rings is 1. The van der Waals surface area contributed by atoms with Crippen molar-refractivity contribution in [2.24, 2.45) is 0 Å². The van der Waals surface area contributed by atoms with Crippen molar-refractivity contribution in [3.05, 3.63) is 22.7 Å². The molecule has 0 saturated carbocycles. The van der Waals surface area contributed by atoms with E-state index in [0.29, 0.717) is 12.5 Å². The molecule has 0 aliphatic carbocycles. The van der Waals surface area contributed by atoms with Gasteiger partial charge in [-0.15, -0.1) is 0 Å². The Balaban J connectivity index is 2.00. The highest BCUT2D eigenvalue weighted by Crippen LogP contribution is 2.44. The van der Waals surface area contributed by atoms with Crippen molar-refractivity contribution in [2.75, 3.05) is 26.3 Å². The van der Waals surface area contributed by atoms with Crippen LogP contribution in [0.5, 0.6) is 11.5 Å². The highest BCUT2D eigenvalue weighted by molar-refractivity contribution is 6.31. The Labute approximate surface area is 112 Å². The molecule has 2 aliphatic heterocycles. The summed E-state index contributed by atoms with van der Waals surface area (Å²) in [6, 6.07) is 3.86. The molecule has 1 saturated heterocycles. The topological polar surface area (TPSA) is 30.5 Å². The Bertz CT molecular complexity index is 430. The van der Waals surface area contributed by atoms with E-state index in [-0.39, 0.29) is 0 Å². The predicted molar refractivity (Wildman–Crippen MR) is 71.9 cm³/mol. The number of hydrogen-bond acceptors (Lipinski definition) is 3. The Morgan fingerprint density at radius 1 is 1.11 bits per heavy atom. The summed E-state index contributed by atoms with van der Waals surface area (Å²) in [4.78, 5) is 0. The third-order valence-electron chi connectivity index (χ3n) is 3.65. The molecular weight excluding hydrogens is 250 g/mol. The van der Waals surface area contributed by atoms with Crippen LogP contribution in [-0.4, -0.2) is 26.3 Å². The molecule has 1 N–H and O–H groups in total. The minimum absolute atomic E-state index is 0.482. The summed E-state index contributed by atoms with van der Waals surface area (Å²) in [7, 11) is 0. The van der Waals surface area contributed by atoms with Crippen LogP contribution in [-0.2, 0) is 0 Å². The summed E-state index contributed by atoms with van der Waals surface area (Å²) in [5.74, 6) is 2.22. The summed E-state index contributed by atoms with van der Waals surface area (Å²) in [6.45, 7) is 3.53. The minimum atomic E-state index is 0.482. The molecule has 0 atom stereocenters. The second kappa shape index (κ2) is 5.37. The lowest BCUT2D eigenvalue weighted by molar-refractivity contribution is 0.294. The smallest absolute Gasteiger partial charge is 0.166 e. The zero-order valence-corrected chi connectivity index (χ0v) is 11.1. The maximum Gasteiger partial charge on any atom is 0.166 e. The van der Waals surface area contributed by atoms with E-state index in [1.807, 2.05) is 12.1 Å². The summed E-state index contributed by atoms with van der Waals surface area (Å²) >= 11 is 6.39. The van der Waals surface area contributed by atoms with E-state index in [0.717, 1.165) is 61.0 Å². The van der Waals surface area contributed by atoms with E-state index in [9.17, 15) is 0 Å². The molecule has 0 aromatic heterocycles. The fraction of sp³-hybridized carbons (Fsp3) is 0.571. The van der Waals surface area contributed by atoms with Gasteiger partial charge in [-0.1, -0.05) is 11.6 Å². The molecule has 18 heavy (non-hydrogen) atoms. The highest BCUT2D eigenvalue weighted by atomic mass is 35.5. The Hall–Kier alpha value is -0.930. The summed E-state index contributed by atoms with van der Waals surface area (Å²) in [5, 5.41) is 4.19. The van der Waals surface area contributed by atoms with Crippen LogP contribution in [0.25, 0.3) is 0 Å². The number of hydrogen-bond donors (Lipinski definition) is 1. The Kier molecular flexibility index (Phi) is 3.62. The van der Waals surface area contributed by atoms with Gasteiger partial charge in [0.2, 0.25) is 0 Å². The van der Waals surface area contributed by atoms with Gasteiger partial charge in [0.25, 0.3) is 0 Å². The lowest BCUT2D eigenvalue weighted by Crippen LogP contribution is -2.27. The van der Waals surface area contributed by atoms with Crippen LogP contribution in [0.3, 0.4) is 0 Å². The van der Waals surface area contributed by atoms with Crippen LogP contribution in [0.4, 0.5) is 0 Å². The van der Waals surface area contributed by atoms with Gasteiger partial charge in [0.05, 0.1) is 13.2 Å². The van der Waals surface area contributed by atoms with Gasteiger partial charge >= 0.3 is 0 Å². The maximum absolute atomic E-state index is 6.39. The van der Waals surface area contributed by atoms with E-state index in [2.05, 4.69) is 5.32 Å². The molecule has 0 spiro atoms. The van der Waals surface area contributed by atoms with E-state index in [1.54, 1.807) is 0 Å². The van der Waals surface area contributed by atoms with Gasteiger partial charge in [-0.25, -0.2) is 0 Å². The SMILES string of the molecule is Clc1ccc2c(c1C1CCNCC1)OCCCO2. The molecule has 1 fully saturated rings. The van der Waals surface area contributed by atoms with Gasteiger partial charge in [0, 0.05) is 17.0 Å². The van der Waals surface area contributed by atoms with E-state index < -0.39 is 0 Å². The second-order valence-corrected chi connectivity index (χ2v) is 5.27. The number of fused-ring (bicyclic) bond motifs is 1. The first kappa shape index (κ1) is 12.1. The Morgan fingerprint density at radius 3 is 2.72 bits per heavy atom. The van der Waals surface area contributed by atoms with Crippen molar-refractivity contribution < 1.29 is 9.47 Å². The number of halogens is 1. The molecule has 1 aromatic rings. The molecule has 3 rings (SSSR count). The number of ether oxygens (including phenoxy) is 2. The van der Waals surface area contributed by atoms with E-state index in [1.165, 1.54) is 0 Å². The van der Waals surface area contributed by atoms with Crippen molar-refractivity contribution in [3.63, 3.8) is 0 Å². The van der Waals surface area contributed by atoms with Gasteiger partial charge in [-0.3, -0.25) is 0 Å². The summed E-state index contributed by atoms with van der Waals surface area (Å²) in [6.07, 6.45) is 3.15. The first-order valence-electron chi connectivity index (χ1n) is 6.65. The van der Waals surface area contributed by atoms with Crippen LogP contribution in [0.1, 0.15) is 30.7 Å². The van der Waals surface area contributed by atoms with Crippen molar-refractivity contribution in [3.8, 4) is 11.5 Å². The predicted octanol–water partition coefficient (Wildman–Crippen LogP) is 2.97. The largest absolute Gasteiger partial charge is 0.490 e. The van der Waals surface area contributed by atoms with Crippen molar-refractivity contribution in [2.45, 2.75) is 25.2 Å². The van der Waals surface area contributed by atoms with Crippen LogP contribution >= 0.6 is 11.6 Å². The monoisotopic (exact) mass is 267 g/mol. The fourth-order valence-electron chi connectivity index (χ4n) is 2.72. The Morgan fingerprint density at radius 2 is 1.89 bits per heavy atom. The van der Waals surface area contributed by atoms with Gasteiger partial charge in [0.1, 0.15) is 0 Å². The average molecular weight is 268 g/mol. The quantitative estimate of drug-likeness (QED) is 0.849. The van der Waals surface area contributed by atoms with Gasteiger partial charge in [-0.05, 0) is 44.0 Å². The molecule has 3 nitrogen and oxygen atoms in total. The lowest BCUT2D eigenvalue weighted by Gasteiger charge is -2.26. The lowest BCUT2D eigenvalue weighted by atomic mass is 9.89. The summed E-state index contributed by atoms with van der Waals surface area (Å²) in [5.41, 5.74) is 1.15. The first-order chi connectivity index (χ1) is 8.86. The standard InChI is InChI=1S/C14H18ClNO2/c15-11-2-3-12-14(18-9-1-8-17-12)13(11)10-4-6-16-7-5-10/h2-3,10,16H,1,4-9H2. The van der Waals surface area contributed by atoms with Gasteiger partial charge in [0.15, 0.2) is 11.5 Å². The van der Waals surface area contributed by atoms with Crippen LogP contribution in [0.2, 0.25) is 5.02 Å². The highest BCUT2D eigenvalue weighted by Gasteiger charge is 2.25. The summed E-state index contributed by atoms with van der Waals surface area (Å²) < 4.78 is 11.6. The molecular formula is C14H18ClNO2. The molecule has 1 aromatic carbocycles. The zero-order chi connectivity index (χ0) is 12.4. The molecule has 0 unspecified atom stereocenters. The maximum atomic E-state index is 6.39.